The van der Waals surface area contributed by atoms with Crippen LogP contribution in [-0.4, -0.2) is 22.7 Å². The molecule has 0 spiro atoms. The lowest BCUT2D eigenvalue weighted by molar-refractivity contribution is -0.0328. The molecule has 0 aliphatic rings. The number of nitriles is 1. The van der Waals surface area contributed by atoms with E-state index >= 15 is 0 Å². The van der Waals surface area contributed by atoms with Gasteiger partial charge >= 0.3 is 5.51 Å². The lowest BCUT2D eigenvalue weighted by Gasteiger charge is -2.23. The zero-order chi connectivity index (χ0) is 23.3. The number of nitrogens with zero attached hydrogens (tertiary/aromatic N) is 3. The van der Waals surface area contributed by atoms with Crippen molar-refractivity contribution in [1.29, 1.82) is 5.26 Å². The first-order valence-corrected chi connectivity index (χ1v) is 12.0. The highest BCUT2D eigenvalue weighted by atomic mass is 32.2. The van der Waals surface area contributed by atoms with Gasteiger partial charge in [-0.1, -0.05) is 30.1 Å². The summed E-state index contributed by atoms with van der Waals surface area (Å²) in [4.78, 5) is 19.3. The van der Waals surface area contributed by atoms with E-state index in [0.29, 0.717) is 26.8 Å². The summed E-state index contributed by atoms with van der Waals surface area (Å²) in [5.41, 5.74) is -2.60. The van der Waals surface area contributed by atoms with Gasteiger partial charge in [-0.05, 0) is 54.6 Å². The van der Waals surface area contributed by atoms with Crippen LogP contribution in [0.3, 0.4) is 0 Å². The quantitative estimate of drug-likeness (QED) is 0.308. The van der Waals surface area contributed by atoms with Gasteiger partial charge in [0.1, 0.15) is 5.69 Å². The van der Waals surface area contributed by atoms with Crippen LogP contribution >= 0.6 is 35.0 Å². The molecule has 2 aromatic carbocycles. The number of thioether (sulfide) groups is 1. The van der Waals surface area contributed by atoms with Crippen molar-refractivity contribution in [2.75, 3.05) is 11.2 Å². The van der Waals surface area contributed by atoms with Gasteiger partial charge < -0.3 is 4.90 Å². The third kappa shape index (κ3) is 5.97. The first-order chi connectivity index (χ1) is 15.2. The van der Waals surface area contributed by atoms with Crippen molar-refractivity contribution >= 4 is 51.8 Å². The first-order valence-electron chi connectivity index (χ1n) is 9.14. The lowest BCUT2D eigenvalue weighted by Crippen LogP contribution is -2.19. The number of carbonyl (C=O) groups excluding carboxylic acids is 1. The van der Waals surface area contributed by atoms with Crippen molar-refractivity contribution < 1.29 is 18.0 Å². The number of rotatable bonds is 7. The molecule has 0 saturated carbocycles. The molecule has 0 saturated heterocycles. The van der Waals surface area contributed by atoms with Gasteiger partial charge in [0.2, 0.25) is 0 Å². The number of benzene rings is 2. The summed E-state index contributed by atoms with van der Waals surface area (Å²) in [5, 5.41) is 9.55. The van der Waals surface area contributed by atoms with Crippen LogP contribution < -0.4 is 9.62 Å². The normalized spacial score (nSPS) is 11.1. The van der Waals surface area contributed by atoms with Gasteiger partial charge in [0.25, 0.3) is 5.91 Å². The Labute approximate surface area is 195 Å². The van der Waals surface area contributed by atoms with Crippen LogP contribution in [0.25, 0.3) is 0 Å². The van der Waals surface area contributed by atoms with Gasteiger partial charge in [-0.3, -0.25) is 9.52 Å². The Kier molecular flexibility index (Phi) is 7.71. The van der Waals surface area contributed by atoms with Crippen LogP contribution in [0.5, 0.6) is 0 Å². The van der Waals surface area contributed by atoms with Crippen LogP contribution in [0.4, 0.5) is 24.0 Å². The predicted octanol–water partition coefficient (Wildman–Crippen LogP) is 6.28. The standard InChI is InChI=1S/C21H17F3N4OS3/c1-13-18(19(29)27-30-2)26-20(31-13)28(16-9-7-14(11-25)8-10-16)12-15-5-3-4-6-17(15)32-21(22,23)24/h3-10H,12H2,1-2H3,(H,27,29). The summed E-state index contributed by atoms with van der Waals surface area (Å²) in [7, 11) is 0. The number of hydrogen-bond acceptors (Lipinski definition) is 7. The van der Waals surface area contributed by atoms with Crippen molar-refractivity contribution in [2.24, 2.45) is 0 Å². The van der Waals surface area contributed by atoms with E-state index in [4.69, 9.17) is 5.26 Å². The molecule has 1 N–H and O–H groups in total. The average molecular weight is 495 g/mol. The highest BCUT2D eigenvalue weighted by molar-refractivity contribution is 8.00. The largest absolute Gasteiger partial charge is 0.446 e. The molecule has 32 heavy (non-hydrogen) atoms. The molecule has 0 aliphatic heterocycles. The Morgan fingerprint density at radius 2 is 1.91 bits per heavy atom. The molecule has 0 unspecified atom stereocenters. The highest BCUT2D eigenvalue weighted by Gasteiger charge is 2.31. The molecule has 11 heteroatoms. The van der Waals surface area contributed by atoms with E-state index in [1.54, 1.807) is 60.5 Å². The van der Waals surface area contributed by atoms with E-state index in [-0.39, 0.29) is 34.8 Å². The zero-order valence-corrected chi connectivity index (χ0v) is 19.4. The highest BCUT2D eigenvalue weighted by Crippen LogP contribution is 2.40. The molecule has 166 valence electrons. The smallest absolute Gasteiger partial charge is 0.313 e. The lowest BCUT2D eigenvalue weighted by atomic mass is 10.1. The van der Waals surface area contributed by atoms with E-state index in [1.807, 2.05) is 6.07 Å². The van der Waals surface area contributed by atoms with Crippen molar-refractivity contribution in [1.82, 2.24) is 9.71 Å². The molecule has 0 atom stereocenters. The molecule has 0 radical (unpaired) electrons. The van der Waals surface area contributed by atoms with Crippen LogP contribution in [-0.2, 0) is 6.54 Å². The number of carbonyl (C=O) groups is 1. The van der Waals surface area contributed by atoms with E-state index in [0.717, 1.165) is 11.9 Å². The van der Waals surface area contributed by atoms with Crippen molar-refractivity contribution in [3.63, 3.8) is 0 Å². The number of anilines is 2. The van der Waals surface area contributed by atoms with Crippen LogP contribution in [0.15, 0.2) is 53.4 Å². The topological polar surface area (TPSA) is 69.0 Å². The second-order valence-corrected chi connectivity index (χ2v) is 9.34. The Bertz CT molecular complexity index is 1140. The number of hydrogen-bond donors (Lipinski definition) is 1. The maximum absolute atomic E-state index is 13.1. The monoisotopic (exact) mass is 494 g/mol. The second kappa shape index (κ2) is 10.3. The SMILES string of the molecule is CSNC(=O)c1nc(N(Cc2ccccc2SC(F)(F)F)c2ccc(C#N)cc2)sc1C. The zero-order valence-electron chi connectivity index (χ0n) is 16.9. The maximum atomic E-state index is 13.1. The molecule has 0 aliphatic carbocycles. The number of halogens is 3. The van der Waals surface area contributed by atoms with E-state index in [9.17, 15) is 18.0 Å². The van der Waals surface area contributed by atoms with E-state index in [2.05, 4.69) is 9.71 Å². The minimum absolute atomic E-state index is 0.0901. The number of aryl methyl sites for hydroxylation is 1. The summed E-state index contributed by atoms with van der Waals surface area (Å²) in [6.07, 6.45) is 1.72. The third-order valence-electron chi connectivity index (χ3n) is 4.26. The molecule has 5 nitrogen and oxygen atoms in total. The molecule has 3 rings (SSSR count). The number of alkyl halides is 3. The fourth-order valence-corrected chi connectivity index (χ4v) is 4.73. The minimum atomic E-state index is -4.42. The average Bonchev–Trinajstić information content (AvgIpc) is 3.14. The van der Waals surface area contributed by atoms with Crippen molar-refractivity contribution in [3.8, 4) is 6.07 Å². The maximum Gasteiger partial charge on any atom is 0.446 e. The Morgan fingerprint density at radius 1 is 1.22 bits per heavy atom. The van der Waals surface area contributed by atoms with Crippen molar-refractivity contribution in [3.05, 3.63) is 70.2 Å². The molecule has 3 aromatic rings. The molecule has 1 aromatic heterocycles. The Hall–Kier alpha value is -2.68. The van der Waals surface area contributed by atoms with E-state index < -0.39 is 5.51 Å². The third-order valence-corrected chi connectivity index (χ3v) is 6.49. The fourth-order valence-electron chi connectivity index (χ4n) is 2.86. The van der Waals surface area contributed by atoms with Gasteiger partial charge in [0.05, 0.1) is 18.2 Å². The summed E-state index contributed by atoms with van der Waals surface area (Å²) in [6.45, 7) is 1.86. The number of thiazole rings is 1. The van der Waals surface area contributed by atoms with Gasteiger partial charge in [0, 0.05) is 21.7 Å². The predicted molar refractivity (Wildman–Crippen MR) is 123 cm³/mol. The molecule has 0 bridgehead atoms. The van der Waals surface area contributed by atoms with Gasteiger partial charge in [-0.15, -0.1) is 11.3 Å². The van der Waals surface area contributed by atoms with Gasteiger partial charge in [0.15, 0.2) is 5.13 Å². The van der Waals surface area contributed by atoms with Crippen LogP contribution in [0.1, 0.15) is 26.5 Å². The fraction of sp³-hybridized carbons (Fsp3) is 0.190. The molecule has 1 amide bonds. The molecule has 0 fully saturated rings. The van der Waals surface area contributed by atoms with Gasteiger partial charge in [-0.2, -0.15) is 18.4 Å². The van der Waals surface area contributed by atoms with E-state index in [1.165, 1.54) is 17.4 Å². The molecular weight excluding hydrogens is 477 g/mol. The van der Waals surface area contributed by atoms with Crippen LogP contribution in [0.2, 0.25) is 0 Å². The summed E-state index contributed by atoms with van der Waals surface area (Å²) in [6, 6.07) is 15.0. The van der Waals surface area contributed by atoms with Crippen LogP contribution in [0, 0.1) is 18.3 Å². The summed E-state index contributed by atoms with van der Waals surface area (Å²) >= 11 is 2.26. The number of amides is 1. The number of aromatic nitrogens is 1. The number of nitrogens with one attached hydrogen (secondary N) is 1. The Balaban J connectivity index is 2.05. The molecular formula is C21H17F3N4OS3. The summed E-state index contributed by atoms with van der Waals surface area (Å²) in [5.74, 6) is -0.342. The van der Waals surface area contributed by atoms with Gasteiger partial charge in [-0.25, -0.2) is 4.98 Å². The minimum Gasteiger partial charge on any atom is -0.313 e. The van der Waals surface area contributed by atoms with Crippen molar-refractivity contribution in [2.45, 2.75) is 23.9 Å². The molecule has 1 heterocycles. The summed E-state index contributed by atoms with van der Waals surface area (Å²) < 4.78 is 41.8. The first kappa shape index (κ1) is 24.0. The Morgan fingerprint density at radius 3 is 2.53 bits per heavy atom. The second-order valence-electron chi connectivity index (χ2n) is 6.44.